The zero-order chi connectivity index (χ0) is 11.2. The third-order valence-corrected chi connectivity index (χ3v) is 3.75. The highest BCUT2D eigenvalue weighted by atomic mass is 16.1. The van der Waals surface area contributed by atoms with E-state index in [0.29, 0.717) is 0 Å². The number of hydrogen-bond acceptors (Lipinski definition) is 2. The van der Waals surface area contributed by atoms with E-state index in [1.807, 2.05) is 0 Å². The minimum atomic E-state index is 0.252. The van der Waals surface area contributed by atoms with Crippen molar-refractivity contribution in [1.82, 2.24) is 10.6 Å². The average Bonchev–Trinajstić information content (AvgIpc) is 2.96. The molecule has 1 amide bonds. The molecule has 1 atom stereocenters. The fraction of sp³-hybridized carbons (Fsp3) is 0.923. The quantitative estimate of drug-likeness (QED) is 0.646. The molecule has 1 saturated carbocycles. The standard InChI is InChI=1S/C13H24N2O/c16-13(6-5-12-7-9-14-10-12)15-8-1-2-11-3-4-11/h11-12,14H,1-10H2,(H,15,16). The van der Waals surface area contributed by atoms with Crippen molar-refractivity contribution in [2.24, 2.45) is 11.8 Å². The molecule has 1 saturated heterocycles. The number of nitrogens with one attached hydrogen (secondary N) is 2. The van der Waals surface area contributed by atoms with Gasteiger partial charge in [0.15, 0.2) is 0 Å². The van der Waals surface area contributed by atoms with E-state index >= 15 is 0 Å². The molecular weight excluding hydrogens is 200 g/mol. The van der Waals surface area contributed by atoms with E-state index in [4.69, 9.17) is 0 Å². The van der Waals surface area contributed by atoms with Gasteiger partial charge >= 0.3 is 0 Å². The van der Waals surface area contributed by atoms with Gasteiger partial charge in [-0.05, 0) is 50.6 Å². The van der Waals surface area contributed by atoms with Crippen LogP contribution in [0.1, 0.15) is 44.9 Å². The van der Waals surface area contributed by atoms with Crippen LogP contribution < -0.4 is 10.6 Å². The summed E-state index contributed by atoms with van der Waals surface area (Å²) in [6, 6.07) is 0. The Morgan fingerprint density at radius 3 is 2.75 bits per heavy atom. The van der Waals surface area contributed by atoms with E-state index in [1.165, 1.54) is 32.1 Å². The van der Waals surface area contributed by atoms with E-state index in [-0.39, 0.29) is 5.91 Å². The van der Waals surface area contributed by atoms with Crippen LogP contribution in [0, 0.1) is 11.8 Å². The Morgan fingerprint density at radius 1 is 1.19 bits per heavy atom. The summed E-state index contributed by atoms with van der Waals surface area (Å²) in [5.74, 6) is 1.97. The van der Waals surface area contributed by atoms with Crippen molar-refractivity contribution in [3.8, 4) is 0 Å². The SMILES string of the molecule is O=C(CCC1CCNC1)NCCCC1CC1. The van der Waals surface area contributed by atoms with Crippen molar-refractivity contribution in [3.05, 3.63) is 0 Å². The van der Waals surface area contributed by atoms with E-state index in [9.17, 15) is 4.79 Å². The van der Waals surface area contributed by atoms with Gasteiger partial charge in [-0.3, -0.25) is 4.79 Å². The first-order valence-corrected chi connectivity index (χ1v) is 6.82. The normalized spacial score (nSPS) is 24.6. The summed E-state index contributed by atoms with van der Waals surface area (Å²) in [5.41, 5.74) is 0. The monoisotopic (exact) mass is 224 g/mol. The molecule has 2 rings (SSSR count). The molecule has 3 heteroatoms. The van der Waals surface area contributed by atoms with Crippen LogP contribution in [0.2, 0.25) is 0 Å². The molecule has 2 N–H and O–H groups in total. The van der Waals surface area contributed by atoms with E-state index in [0.717, 1.165) is 44.3 Å². The molecule has 1 aliphatic carbocycles. The maximum absolute atomic E-state index is 11.5. The number of carbonyl (C=O) groups is 1. The van der Waals surface area contributed by atoms with Crippen LogP contribution in [0.15, 0.2) is 0 Å². The topological polar surface area (TPSA) is 41.1 Å². The maximum Gasteiger partial charge on any atom is 0.220 e. The molecule has 0 aromatic heterocycles. The molecule has 1 heterocycles. The average molecular weight is 224 g/mol. The second-order valence-corrected chi connectivity index (χ2v) is 5.33. The molecule has 0 aromatic rings. The summed E-state index contributed by atoms with van der Waals surface area (Å²) in [6.45, 7) is 3.13. The maximum atomic E-state index is 11.5. The Morgan fingerprint density at radius 2 is 2.06 bits per heavy atom. The van der Waals surface area contributed by atoms with Crippen LogP contribution >= 0.6 is 0 Å². The van der Waals surface area contributed by atoms with E-state index < -0.39 is 0 Å². The fourth-order valence-electron chi connectivity index (χ4n) is 2.41. The number of rotatable bonds is 7. The molecule has 1 aliphatic heterocycles. The Balaban J connectivity index is 1.43. The van der Waals surface area contributed by atoms with Crippen molar-refractivity contribution < 1.29 is 4.79 Å². The molecular formula is C13H24N2O. The van der Waals surface area contributed by atoms with Gasteiger partial charge in [0, 0.05) is 13.0 Å². The summed E-state index contributed by atoms with van der Waals surface area (Å²) in [4.78, 5) is 11.5. The van der Waals surface area contributed by atoms with Gasteiger partial charge in [0.2, 0.25) is 5.91 Å². The highest BCUT2D eigenvalue weighted by Gasteiger charge is 2.20. The molecule has 0 bridgehead atoms. The van der Waals surface area contributed by atoms with Crippen molar-refractivity contribution in [2.75, 3.05) is 19.6 Å². The van der Waals surface area contributed by atoms with Crippen molar-refractivity contribution in [3.63, 3.8) is 0 Å². The third-order valence-electron chi connectivity index (χ3n) is 3.75. The minimum Gasteiger partial charge on any atom is -0.356 e. The second-order valence-electron chi connectivity index (χ2n) is 5.33. The highest BCUT2D eigenvalue weighted by Crippen LogP contribution is 2.33. The first-order valence-electron chi connectivity index (χ1n) is 6.82. The molecule has 0 spiro atoms. The van der Waals surface area contributed by atoms with Gasteiger partial charge in [0.25, 0.3) is 0 Å². The van der Waals surface area contributed by atoms with E-state index in [2.05, 4.69) is 10.6 Å². The highest BCUT2D eigenvalue weighted by molar-refractivity contribution is 5.75. The lowest BCUT2D eigenvalue weighted by atomic mass is 10.0. The summed E-state index contributed by atoms with van der Waals surface area (Å²) < 4.78 is 0. The lowest BCUT2D eigenvalue weighted by molar-refractivity contribution is -0.121. The lowest BCUT2D eigenvalue weighted by Crippen LogP contribution is -2.25. The van der Waals surface area contributed by atoms with Gasteiger partial charge in [0.05, 0.1) is 0 Å². The van der Waals surface area contributed by atoms with Crippen LogP contribution in [0.4, 0.5) is 0 Å². The predicted octanol–water partition coefficient (Wildman–Crippen LogP) is 1.68. The zero-order valence-corrected chi connectivity index (χ0v) is 10.1. The number of carbonyl (C=O) groups excluding carboxylic acids is 1. The van der Waals surface area contributed by atoms with Gasteiger partial charge in [-0.15, -0.1) is 0 Å². The first kappa shape index (κ1) is 11.9. The molecule has 92 valence electrons. The number of amides is 1. The molecule has 2 fully saturated rings. The lowest BCUT2D eigenvalue weighted by Gasteiger charge is -2.08. The Labute approximate surface area is 98.4 Å². The predicted molar refractivity (Wildman–Crippen MR) is 65.2 cm³/mol. The summed E-state index contributed by atoms with van der Waals surface area (Å²) in [6.07, 6.45) is 8.34. The third kappa shape index (κ3) is 4.52. The Hall–Kier alpha value is -0.570. The van der Waals surface area contributed by atoms with Gasteiger partial charge in [-0.2, -0.15) is 0 Å². The van der Waals surface area contributed by atoms with E-state index in [1.54, 1.807) is 0 Å². The van der Waals surface area contributed by atoms with Crippen LogP contribution in [0.3, 0.4) is 0 Å². The Kier molecular flexibility index (Phi) is 4.64. The van der Waals surface area contributed by atoms with Gasteiger partial charge < -0.3 is 10.6 Å². The van der Waals surface area contributed by atoms with Crippen molar-refractivity contribution in [1.29, 1.82) is 0 Å². The summed E-state index contributed by atoms with van der Waals surface area (Å²) in [7, 11) is 0. The minimum absolute atomic E-state index is 0.252. The van der Waals surface area contributed by atoms with Gasteiger partial charge in [-0.25, -0.2) is 0 Å². The van der Waals surface area contributed by atoms with Crippen molar-refractivity contribution in [2.45, 2.75) is 44.9 Å². The van der Waals surface area contributed by atoms with Crippen LogP contribution in [-0.2, 0) is 4.79 Å². The Bertz CT molecular complexity index is 220. The molecule has 2 aliphatic rings. The molecule has 0 aromatic carbocycles. The summed E-state index contributed by atoms with van der Waals surface area (Å²) in [5, 5.41) is 6.37. The molecule has 16 heavy (non-hydrogen) atoms. The fourth-order valence-corrected chi connectivity index (χ4v) is 2.41. The first-order chi connectivity index (χ1) is 7.84. The van der Waals surface area contributed by atoms with Crippen molar-refractivity contribution >= 4 is 5.91 Å². The number of hydrogen-bond donors (Lipinski definition) is 2. The van der Waals surface area contributed by atoms with Gasteiger partial charge in [-0.1, -0.05) is 12.8 Å². The van der Waals surface area contributed by atoms with Crippen LogP contribution in [0.5, 0.6) is 0 Å². The summed E-state index contributed by atoms with van der Waals surface area (Å²) >= 11 is 0. The van der Waals surface area contributed by atoms with Gasteiger partial charge in [0.1, 0.15) is 0 Å². The van der Waals surface area contributed by atoms with Crippen LogP contribution in [-0.4, -0.2) is 25.5 Å². The smallest absolute Gasteiger partial charge is 0.220 e. The molecule has 1 unspecified atom stereocenters. The molecule has 0 radical (unpaired) electrons. The second kappa shape index (κ2) is 6.24. The van der Waals surface area contributed by atoms with Crippen LogP contribution in [0.25, 0.3) is 0 Å². The zero-order valence-electron chi connectivity index (χ0n) is 10.1. The largest absolute Gasteiger partial charge is 0.356 e. The molecule has 3 nitrogen and oxygen atoms in total.